The van der Waals surface area contributed by atoms with Gasteiger partial charge < -0.3 is 5.11 Å². The van der Waals surface area contributed by atoms with Crippen LogP contribution in [0.25, 0.3) is 16.4 Å². The van der Waals surface area contributed by atoms with Gasteiger partial charge in [0.25, 0.3) is 5.69 Å². The Morgan fingerprint density at radius 2 is 1.91 bits per heavy atom. The maximum absolute atomic E-state index is 13.3. The molecule has 0 fully saturated rings. The Hall–Kier alpha value is -3.96. The van der Waals surface area contributed by atoms with Crippen molar-refractivity contribution in [3.8, 4) is 16.4 Å². The summed E-state index contributed by atoms with van der Waals surface area (Å²) in [5, 5.41) is 34.2. The molecule has 0 bridgehead atoms. The number of thiazole rings is 1. The number of rotatable bonds is 6. The lowest BCUT2D eigenvalue weighted by Gasteiger charge is -2.14. The van der Waals surface area contributed by atoms with Gasteiger partial charge in [-0.15, -0.1) is 16.5 Å². The van der Waals surface area contributed by atoms with Crippen molar-refractivity contribution in [2.45, 2.75) is 32.8 Å². The summed E-state index contributed by atoms with van der Waals surface area (Å²) in [6, 6.07) is 12.7. The molecule has 0 saturated carbocycles. The number of nitrogens with one attached hydrogen (secondary N) is 1. The number of aliphatic hydroxyl groups is 1. The van der Waals surface area contributed by atoms with E-state index in [9.17, 15) is 20.0 Å². The largest absolute Gasteiger partial charge is 0.392 e. The van der Waals surface area contributed by atoms with Crippen molar-refractivity contribution in [2.75, 3.05) is 0 Å². The molecule has 0 unspecified atom stereocenters. The second-order valence-electron chi connectivity index (χ2n) is 8.57. The molecule has 34 heavy (non-hydrogen) atoms. The molecular weight excluding hydrogens is 456 g/mol. The monoisotopic (exact) mass is 478 g/mol. The smallest absolute Gasteiger partial charge is 0.301 e. The predicted octanol–water partition coefficient (Wildman–Crippen LogP) is 5.40. The highest BCUT2D eigenvalue weighted by Gasteiger charge is 2.22. The highest BCUT2D eigenvalue weighted by atomic mass is 32.1. The van der Waals surface area contributed by atoms with Crippen molar-refractivity contribution in [2.24, 2.45) is 10.2 Å². The van der Waals surface area contributed by atoms with Crippen molar-refractivity contribution < 1.29 is 10.0 Å². The second kappa shape index (κ2) is 9.12. The van der Waals surface area contributed by atoms with Gasteiger partial charge in [0.2, 0.25) is 5.13 Å². The Morgan fingerprint density at radius 3 is 2.53 bits per heavy atom. The maximum Gasteiger partial charge on any atom is 0.301 e. The SMILES string of the molecule is CC(C)(C)c1csc(-n2[nH]c(-c3ccc([N+](=O)[O-])cc3)c(N=Nc3cccc(CO)c3)c2=O)n1. The molecule has 2 aromatic carbocycles. The van der Waals surface area contributed by atoms with E-state index in [-0.39, 0.29) is 23.4 Å². The van der Waals surface area contributed by atoms with E-state index in [0.29, 0.717) is 27.6 Å². The lowest BCUT2D eigenvalue weighted by atomic mass is 9.93. The lowest BCUT2D eigenvalue weighted by molar-refractivity contribution is -0.384. The molecular formula is C23H22N6O4S. The molecule has 4 rings (SSSR count). The fraction of sp³-hybridized carbons (Fsp3) is 0.217. The topological polar surface area (TPSA) is 139 Å². The van der Waals surface area contributed by atoms with Crippen molar-refractivity contribution in [3.05, 3.63) is 85.6 Å². The van der Waals surface area contributed by atoms with E-state index in [1.807, 2.05) is 26.2 Å². The van der Waals surface area contributed by atoms with E-state index < -0.39 is 10.5 Å². The van der Waals surface area contributed by atoms with Gasteiger partial charge in [0.1, 0.15) is 0 Å². The van der Waals surface area contributed by atoms with Crippen LogP contribution in [0.15, 0.2) is 68.9 Å². The molecule has 11 heteroatoms. The third kappa shape index (κ3) is 4.70. The predicted molar refractivity (Wildman–Crippen MR) is 129 cm³/mol. The van der Waals surface area contributed by atoms with Gasteiger partial charge in [0, 0.05) is 28.5 Å². The van der Waals surface area contributed by atoms with E-state index in [1.165, 1.54) is 28.2 Å². The van der Waals surface area contributed by atoms with E-state index >= 15 is 0 Å². The minimum atomic E-state index is -0.490. The summed E-state index contributed by atoms with van der Waals surface area (Å²) in [6.45, 7) is 5.96. The molecule has 2 N–H and O–H groups in total. The third-order valence-corrected chi connectivity index (χ3v) is 5.87. The summed E-state index contributed by atoms with van der Waals surface area (Å²) in [5.74, 6) is 0. The third-order valence-electron chi connectivity index (χ3n) is 5.04. The van der Waals surface area contributed by atoms with Crippen LogP contribution in [-0.4, -0.2) is 24.8 Å². The molecule has 10 nitrogen and oxygen atoms in total. The first-order chi connectivity index (χ1) is 16.2. The molecule has 0 aliphatic carbocycles. The van der Waals surface area contributed by atoms with E-state index in [4.69, 9.17) is 0 Å². The first kappa shape index (κ1) is 23.2. The van der Waals surface area contributed by atoms with Crippen LogP contribution in [0.5, 0.6) is 0 Å². The number of nitro groups is 1. The fourth-order valence-electron chi connectivity index (χ4n) is 3.14. The van der Waals surface area contributed by atoms with Gasteiger partial charge in [-0.25, -0.2) is 4.98 Å². The highest BCUT2D eigenvalue weighted by Crippen LogP contribution is 2.31. The van der Waals surface area contributed by atoms with Gasteiger partial charge >= 0.3 is 5.56 Å². The molecule has 0 spiro atoms. The Kier molecular flexibility index (Phi) is 6.22. The van der Waals surface area contributed by atoms with Gasteiger partial charge in [0.15, 0.2) is 5.69 Å². The molecule has 0 atom stereocenters. The average molecular weight is 479 g/mol. The summed E-state index contributed by atoms with van der Waals surface area (Å²) in [4.78, 5) is 28.5. The van der Waals surface area contributed by atoms with Crippen LogP contribution < -0.4 is 5.56 Å². The van der Waals surface area contributed by atoms with Crippen LogP contribution in [0.2, 0.25) is 0 Å². The molecule has 174 valence electrons. The minimum absolute atomic E-state index is 0.0377. The molecule has 0 amide bonds. The minimum Gasteiger partial charge on any atom is -0.392 e. The number of H-pyrrole nitrogens is 1. The number of hydrogen-bond acceptors (Lipinski definition) is 8. The molecule has 0 radical (unpaired) electrons. The number of benzene rings is 2. The van der Waals surface area contributed by atoms with E-state index in [1.54, 1.807) is 36.4 Å². The summed E-state index contributed by atoms with van der Waals surface area (Å²) in [7, 11) is 0. The van der Waals surface area contributed by atoms with Crippen molar-refractivity contribution in [1.29, 1.82) is 0 Å². The Labute approximate surface area is 198 Å². The van der Waals surface area contributed by atoms with E-state index in [2.05, 4.69) is 20.3 Å². The van der Waals surface area contributed by atoms with Crippen molar-refractivity contribution in [1.82, 2.24) is 14.8 Å². The number of aromatic amines is 1. The summed E-state index contributed by atoms with van der Waals surface area (Å²) >= 11 is 1.32. The average Bonchev–Trinajstić information content (AvgIpc) is 3.43. The standard InChI is InChI=1S/C23H22N6O4S/c1-23(2,3)18-13-34-22(24-18)28-21(31)20(26-25-16-6-4-5-14(11-16)12-30)19(27-28)15-7-9-17(10-8-15)29(32)33/h4-11,13,27,30H,12H2,1-3H3. The maximum atomic E-state index is 13.3. The van der Waals surface area contributed by atoms with Crippen LogP contribution in [0, 0.1) is 10.1 Å². The van der Waals surface area contributed by atoms with Crippen LogP contribution in [0.4, 0.5) is 17.1 Å². The van der Waals surface area contributed by atoms with Gasteiger partial charge in [-0.3, -0.25) is 20.0 Å². The first-order valence-corrected chi connectivity index (χ1v) is 11.2. The van der Waals surface area contributed by atoms with Crippen LogP contribution in [0.1, 0.15) is 32.0 Å². The zero-order valence-corrected chi connectivity index (χ0v) is 19.5. The highest BCUT2D eigenvalue weighted by molar-refractivity contribution is 7.12. The van der Waals surface area contributed by atoms with Crippen molar-refractivity contribution >= 4 is 28.4 Å². The molecule has 2 aromatic heterocycles. The molecule has 0 aliphatic rings. The number of non-ortho nitro benzene ring substituents is 1. The summed E-state index contributed by atoms with van der Waals surface area (Å²) < 4.78 is 1.30. The zero-order chi connectivity index (χ0) is 24.5. The quantitative estimate of drug-likeness (QED) is 0.217. The Bertz CT molecular complexity index is 1430. The number of nitro benzene ring substituents is 1. The molecule has 4 aromatic rings. The molecule has 2 heterocycles. The summed E-state index contributed by atoms with van der Waals surface area (Å²) in [6.07, 6.45) is 0. The van der Waals surface area contributed by atoms with Gasteiger partial charge in [-0.05, 0) is 29.8 Å². The Balaban J connectivity index is 1.83. The van der Waals surface area contributed by atoms with Gasteiger partial charge in [-0.2, -0.15) is 9.80 Å². The normalized spacial score (nSPS) is 11.9. The Morgan fingerprint density at radius 1 is 1.18 bits per heavy atom. The number of nitrogens with zero attached hydrogens (tertiary/aromatic N) is 5. The number of aliphatic hydroxyl groups excluding tert-OH is 1. The van der Waals surface area contributed by atoms with E-state index in [0.717, 1.165) is 5.69 Å². The van der Waals surface area contributed by atoms with Crippen LogP contribution >= 0.6 is 11.3 Å². The van der Waals surface area contributed by atoms with Crippen LogP contribution in [-0.2, 0) is 12.0 Å². The lowest BCUT2D eigenvalue weighted by Crippen LogP contribution is -2.16. The van der Waals surface area contributed by atoms with Gasteiger partial charge in [0.05, 0.1) is 28.6 Å². The number of aromatic nitrogens is 3. The summed E-state index contributed by atoms with van der Waals surface area (Å²) in [5.41, 5.74) is 2.20. The number of azo groups is 1. The second-order valence-corrected chi connectivity index (χ2v) is 9.41. The fourth-order valence-corrected chi connectivity index (χ4v) is 4.15. The first-order valence-electron chi connectivity index (χ1n) is 10.3. The van der Waals surface area contributed by atoms with Crippen LogP contribution in [0.3, 0.4) is 0 Å². The zero-order valence-electron chi connectivity index (χ0n) is 18.7. The van der Waals surface area contributed by atoms with Gasteiger partial charge in [-0.1, -0.05) is 32.9 Å². The molecule has 0 saturated heterocycles. The van der Waals surface area contributed by atoms with Crippen molar-refractivity contribution in [3.63, 3.8) is 0 Å². The number of hydrogen-bond donors (Lipinski definition) is 2. The molecule has 0 aliphatic heterocycles.